The number of hydrogen-bond acceptors (Lipinski definition) is 3. The van der Waals surface area contributed by atoms with Crippen molar-refractivity contribution in [3.05, 3.63) is 36.7 Å². The van der Waals surface area contributed by atoms with E-state index in [9.17, 15) is 9.18 Å². The molecule has 2 amide bonds. The van der Waals surface area contributed by atoms with Crippen LogP contribution >= 0.6 is 0 Å². The molecule has 0 bridgehead atoms. The van der Waals surface area contributed by atoms with Gasteiger partial charge in [-0.2, -0.15) is 0 Å². The highest BCUT2D eigenvalue weighted by Gasteiger charge is 2.24. The number of urea groups is 1. The second kappa shape index (κ2) is 7.26. The summed E-state index contributed by atoms with van der Waals surface area (Å²) in [5, 5.41) is 5.16. The van der Waals surface area contributed by atoms with E-state index in [1.54, 1.807) is 18.2 Å². The van der Waals surface area contributed by atoms with E-state index < -0.39 is 0 Å². The van der Waals surface area contributed by atoms with Crippen molar-refractivity contribution in [3.63, 3.8) is 0 Å². The quantitative estimate of drug-likeness (QED) is 0.841. The van der Waals surface area contributed by atoms with Crippen LogP contribution in [0.2, 0.25) is 0 Å². The van der Waals surface area contributed by atoms with Crippen molar-refractivity contribution in [2.45, 2.75) is 26.1 Å². The monoisotopic (exact) mass is 307 g/mol. The molecule has 1 fully saturated rings. The van der Waals surface area contributed by atoms with Gasteiger partial charge in [0.1, 0.15) is 5.82 Å². The summed E-state index contributed by atoms with van der Waals surface area (Å²) in [4.78, 5) is 13.5. The number of anilines is 2. The summed E-state index contributed by atoms with van der Waals surface area (Å²) in [6.07, 6.45) is 1.69. The van der Waals surface area contributed by atoms with Gasteiger partial charge >= 0.3 is 6.03 Å². The molecule has 1 heterocycles. The Morgan fingerprint density at radius 1 is 1.45 bits per heavy atom. The van der Waals surface area contributed by atoms with Crippen molar-refractivity contribution >= 4 is 17.4 Å². The molecule has 2 atom stereocenters. The minimum atomic E-state index is -0.388. The van der Waals surface area contributed by atoms with E-state index in [0.29, 0.717) is 31.0 Å². The zero-order valence-corrected chi connectivity index (χ0v) is 12.9. The number of carbonyl (C=O) groups excluding carboxylic acids is 1. The van der Waals surface area contributed by atoms with Gasteiger partial charge in [0.25, 0.3) is 0 Å². The van der Waals surface area contributed by atoms with Gasteiger partial charge < -0.3 is 20.3 Å². The van der Waals surface area contributed by atoms with Crippen LogP contribution in [0.1, 0.15) is 13.8 Å². The Hall–Kier alpha value is -2.08. The van der Waals surface area contributed by atoms with Crippen molar-refractivity contribution in [1.29, 1.82) is 0 Å². The van der Waals surface area contributed by atoms with Crippen LogP contribution < -0.4 is 15.5 Å². The summed E-state index contributed by atoms with van der Waals surface area (Å²) in [6.45, 7) is 9.11. The van der Waals surface area contributed by atoms with E-state index in [-0.39, 0.29) is 24.1 Å². The van der Waals surface area contributed by atoms with Crippen molar-refractivity contribution in [2.75, 3.05) is 29.9 Å². The number of nitrogens with zero attached hydrogens (tertiary/aromatic N) is 1. The summed E-state index contributed by atoms with van der Waals surface area (Å²) < 4.78 is 20.0. The molecule has 120 valence electrons. The van der Waals surface area contributed by atoms with Crippen molar-refractivity contribution in [2.24, 2.45) is 0 Å². The minimum Gasteiger partial charge on any atom is -0.372 e. The lowest BCUT2D eigenvalue weighted by atomic mass is 10.2. The van der Waals surface area contributed by atoms with Gasteiger partial charge in [0.2, 0.25) is 0 Å². The molecular weight excluding hydrogens is 285 g/mol. The SMILES string of the molecule is C=CCNC(=O)Nc1ccc(N2C[C@@H](C)O[C@H](C)C2)c(F)c1. The molecule has 0 aromatic heterocycles. The lowest BCUT2D eigenvalue weighted by molar-refractivity contribution is -0.00539. The molecular formula is C16H22FN3O2. The standard InChI is InChI=1S/C16H22FN3O2/c1-4-7-18-16(21)19-13-5-6-15(14(17)8-13)20-9-11(2)22-12(3)10-20/h4-6,8,11-12H,1,7,9-10H2,2-3H3,(H2,18,19,21)/t11-,12-/m1/s1. The van der Waals surface area contributed by atoms with Gasteiger partial charge in [-0.05, 0) is 32.0 Å². The fraction of sp³-hybridized carbons (Fsp3) is 0.438. The van der Waals surface area contributed by atoms with Crippen LogP contribution in [0.25, 0.3) is 0 Å². The van der Waals surface area contributed by atoms with E-state index in [0.717, 1.165) is 0 Å². The fourth-order valence-electron chi connectivity index (χ4n) is 2.56. The Bertz CT molecular complexity index is 540. The topological polar surface area (TPSA) is 53.6 Å². The van der Waals surface area contributed by atoms with Crippen LogP contribution in [-0.4, -0.2) is 37.9 Å². The largest absolute Gasteiger partial charge is 0.372 e. The Kier molecular flexibility index (Phi) is 5.38. The number of hydrogen-bond donors (Lipinski definition) is 2. The maximum Gasteiger partial charge on any atom is 0.319 e. The van der Waals surface area contributed by atoms with Gasteiger partial charge in [-0.1, -0.05) is 6.08 Å². The van der Waals surface area contributed by atoms with Gasteiger partial charge in [0.15, 0.2) is 0 Å². The van der Waals surface area contributed by atoms with Gasteiger partial charge in [-0.3, -0.25) is 0 Å². The summed E-state index contributed by atoms with van der Waals surface area (Å²) in [6, 6.07) is 4.31. The van der Waals surface area contributed by atoms with Gasteiger partial charge in [-0.25, -0.2) is 9.18 Å². The predicted molar refractivity (Wildman–Crippen MR) is 85.8 cm³/mol. The molecule has 1 aromatic carbocycles. The molecule has 1 saturated heterocycles. The molecule has 0 aliphatic carbocycles. The molecule has 5 nitrogen and oxygen atoms in total. The van der Waals surface area contributed by atoms with Gasteiger partial charge in [-0.15, -0.1) is 6.58 Å². The lowest BCUT2D eigenvalue weighted by Crippen LogP contribution is -2.45. The van der Waals surface area contributed by atoms with Crippen LogP contribution in [0, 0.1) is 5.82 Å². The summed E-state index contributed by atoms with van der Waals surface area (Å²) in [5.41, 5.74) is 0.941. The first kappa shape index (κ1) is 16.3. The smallest absolute Gasteiger partial charge is 0.319 e. The van der Waals surface area contributed by atoms with E-state index in [1.807, 2.05) is 18.7 Å². The summed E-state index contributed by atoms with van der Waals surface area (Å²) in [5.74, 6) is -0.358. The third-order valence-electron chi connectivity index (χ3n) is 3.37. The Labute approximate surface area is 130 Å². The van der Waals surface area contributed by atoms with Crippen molar-refractivity contribution < 1.29 is 13.9 Å². The Balaban J connectivity index is 2.06. The van der Waals surface area contributed by atoms with Gasteiger partial charge in [0.05, 0.1) is 17.9 Å². The molecule has 6 heteroatoms. The molecule has 1 aliphatic rings. The fourth-order valence-corrected chi connectivity index (χ4v) is 2.56. The summed E-state index contributed by atoms with van der Waals surface area (Å²) >= 11 is 0. The second-order valence-electron chi connectivity index (χ2n) is 5.45. The first-order valence-electron chi connectivity index (χ1n) is 7.35. The molecule has 2 rings (SSSR count). The maximum absolute atomic E-state index is 14.3. The Morgan fingerprint density at radius 2 is 2.14 bits per heavy atom. The predicted octanol–water partition coefficient (Wildman–Crippen LogP) is 2.75. The van der Waals surface area contributed by atoms with Crippen LogP contribution in [0.5, 0.6) is 0 Å². The van der Waals surface area contributed by atoms with Gasteiger partial charge in [0, 0.05) is 25.3 Å². The number of carbonyl (C=O) groups is 1. The van der Waals surface area contributed by atoms with E-state index in [1.165, 1.54) is 6.07 Å². The number of ether oxygens (including phenoxy) is 1. The number of rotatable bonds is 4. The average molecular weight is 307 g/mol. The summed E-state index contributed by atoms with van der Waals surface area (Å²) in [7, 11) is 0. The molecule has 1 aliphatic heterocycles. The molecule has 0 unspecified atom stereocenters. The first-order valence-corrected chi connectivity index (χ1v) is 7.35. The zero-order valence-electron chi connectivity index (χ0n) is 12.9. The Morgan fingerprint density at radius 3 is 2.73 bits per heavy atom. The van der Waals surface area contributed by atoms with Crippen LogP contribution in [0.4, 0.5) is 20.6 Å². The molecule has 0 saturated carbocycles. The highest BCUT2D eigenvalue weighted by molar-refractivity contribution is 5.89. The molecule has 22 heavy (non-hydrogen) atoms. The third kappa shape index (κ3) is 4.21. The molecule has 0 spiro atoms. The third-order valence-corrected chi connectivity index (χ3v) is 3.37. The molecule has 0 radical (unpaired) electrons. The first-order chi connectivity index (χ1) is 10.5. The normalized spacial score (nSPS) is 21.3. The van der Waals surface area contributed by atoms with Crippen LogP contribution in [-0.2, 0) is 4.74 Å². The highest BCUT2D eigenvalue weighted by Crippen LogP contribution is 2.26. The van der Waals surface area contributed by atoms with E-state index in [2.05, 4.69) is 17.2 Å². The molecule has 2 N–H and O–H groups in total. The van der Waals surface area contributed by atoms with Crippen molar-refractivity contribution in [3.8, 4) is 0 Å². The number of nitrogens with one attached hydrogen (secondary N) is 2. The van der Waals surface area contributed by atoms with E-state index in [4.69, 9.17) is 4.74 Å². The molecule has 1 aromatic rings. The highest BCUT2D eigenvalue weighted by atomic mass is 19.1. The minimum absolute atomic E-state index is 0.0608. The lowest BCUT2D eigenvalue weighted by Gasteiger charge is -2.37. The second-order valence-corrected chi connectivity index (χ2v) is 5.45. The number of amides is 2. The van der Waals surface area contributed by atoms with Crippen LogP contribution in [0.3, 0.4) is 0 Å². The number of morpholine rings is 1. The number of halogens is 1. The van der Waals surface area contributed by atoms with Crippen molar-refractivity contribution in [1.82, 2.24) is 5.32 Å². The van der Waals surface area contributed by atoms with E-state index >= 15 is 0 Å². The average Bonchev–Trinajstić information content (AvgIpc) is 2.44. The maximum atomic E-state index is 14.3. The zero-order chi connectivity index (χ0) is 16.1. The number of benzene rings is 1. The van der Waals surface area contributed by atoms with Crippen LogP contribution in [0.15, 0.2) is 30.9 Å².